The van der Waals surface area contributed by atoms with Crippen LogP contribution in [0, 0.1) is 20.8 Å². The van der Waals surface area contributed by atoms with Crippen LogP contribution in [0.5, 0.6) is 0 Å². The summed E-state index contributed by atoms with van der Waals surface area (Å²) in [5.41, 5.74) is 3.89. The van der Waals surface area contributed by atoms with Crippen LogP contribution in [0.2, 0.25) is 0 Å². The Bertz CT molecular complexity index is 1580. The Labute approximate surface area is 206 Å². The first-order chi connectivity index (χ1) is 16.9. The van der Waals surface area contributed by atoms with E-state index < -0.39 is 0 Å². The Morgan fingerprint density at radius 3 is 2.63 bits per heavy atom. The molecule has 0 bridgehead atoms. The first-order valence-electron chi connectivity index (χ1n) is 11.2. The number of thioether (sulfide) groups is 1. The van der Waals surface area contributed by atoms with Crippen LogP contribution >= 0.6 is 11.8 Å². The first kappa shape index (κ1) is 22.9. The molecule has 0 atom stereocenters. The number of benzene rings is 1. The van der Waals surface area contributed by atoms with Gasteiger partial charge in [-0.2, -0.15) is 0 Å². The summed E-state index contributed by atoms with van der Waals surface area (Å²) in [6, 6.07) is 16.6. The maximum absolute atomic E-state index is 13.4. The monoisotopic (exact) mass is 484 g/mol. The Hall–Kier alpha value is -3.91. The molecule has 176 valence electrons. The van der Waals surface area contributed by atoms with E-state index in [0.29, 0.717) is 34.0 Å². The van der Waals surface area contributed by atoms with Crippen molar-refractivity contribution < 1.29 is 9.21 Å². The van der Waals surface area contributed by atoms with E-state index in [9.17, 15) is 9.59 Å². The smallest absolute Gasteiger partial charge is 0.267 e. The highest BCUT2D eigenvalue weighted by Crippen LogP contribution is 2.24. The maximum Gasteiger partial charge on any atom is 0.267 e. The van der Waals surface area contributed by atoms with Crippen LogP contribution in [0.25, 0.3) is 16.7 Å². The van der Waals surface area contributed by atoms with Crippen molar-refractivity contribution in [3.05, 3.63) is 106 Å². The van der Waals surface area contributed by atoms with Gasteiger partial charge in [-0.3, -0.25) is 9.59 Å². The van der Waals surface area contributed by atoms with Gasteiger partial charge in [0.05, 0.1) is 29.5 Å². The number of hydrogen-bond acceptors (Lipinski definition) is 6. The number of ketones is 1. The van der Waals surface area contributed by atoms with Gasteiger partial charge in [0.1, 0.15) is 11.6 Å². The van der Waals surface area contributed by atoms with Gasteiger partial charge in [0.2, 0.25) is 0 Å². The van der Waals surface area contributed by atoms with Crippen LogP contribution < -0.4 is 5.56 Å². The van der Waals surface area contributed by atoms with E-state index in [2.05, 4.69) is 9.55 Å². The van der Waals surface area contributed by atoms with Crippen molar-refractivity contribution in [3.8, 4) is 5.82 Å². The quantitative estimate of drug-likeness (QED) is 0.181. The van der Waals surface area contributed by atoms with Gasteiger partial charge in [-0.05, 0) is 62.7 Å². The zero-order valence-corrected chi connectivity index (χ0v) is 20.5. The molecule has 0 radical (unpaired) electrons. The lowest BCUT2D eigenvalue weighted by Gasteiger charge is -2.12. The fraction of sp³-hybridized carbons (Fsp3) is 0.185. The average Bonchev–Trinajstić information content (AvgIpc) is 3.47. The Balaban J connectivity index is 1.47. The number of pyridine rings is 1. The van der Waals surface area contributed by atoms with E-state index in [-0.39, 0.29) is 17.1 Å². The lowest BCUT2D eigenvalue weighted by Crippen LogP contribution is -2.23. The van der Waals surface area contributed by atoms with E-state index in [4.69, 9.17) is 9.40 Å². The Morgan fingerprint density at radius 1 is 1.06 bits per heavy atom. The Morgan fingerprint density at radius 2 is 1.89 bits per heavy atom. The molecule has 0 aliphatic carbocycles. The molecule has 0 saturated carbocycles. The van der Waals surface area contributed by atoms with Crippen LogP contribution in [0.3, 0.4) is 0 Å². The number of aromatic nitrogens is 4. The van der Waals surface area contributed by atoms with E-state index in [1.807, 2.05) is 57.2 Å². The lowest BCUT2D eigenvalue weighted by atomic mass is 10.2. The molecule has 5 rings (SSSR count). The Kier molecular flexibility index (Phi) is 6.13. The van der Waals surface area contributed by atoms with Gasteiger partial charge in [0.25, 0.3) is 5.56 Å². The summed E-state index contributed by atoms with van der Waals surface area (Å²) in [4.78, 5) is 35.8. The molecule has 5 aromatic rings. The molecule has 4 heterocycles. The van der Waals surface area contributed by atoms with Crippen molar-refractivity contribution in [1.82, 2.24) is 19.1 Å². The number of fused-ring (bicyclic) bond motifs is 1. The van der Waals surface area contributed by atoms with E-state index >= 15 is 0 Å². The molecule has 0 amide bonds. The maximum atomic E-state index is 13.4. The fourth-order valence-electron chi connectivity index (χ4n) is 4.10. The number of para-hydroxylation sites is 1. The number of furan rings is 1. The first-order valence-corrected chi connectivity index (χ1v) is 12.2. The molecule has 1 aromatic carbocycles. The van der Waals surface area contributed by atoms with E-state index in [0.717, 1.165) is 22.7 Å². The summed E-state index contributed by atoms with van der Waals surface area (Å²) >= 11 is 1.24. The van der Waals surface area contributed by atoms with Gasteiger partial charge >= 0.3 is 0 Å². The van der Waals surface area contributed by atoms with Gasteiger partial charge in [-0.25, -0.2) is 14.5 Å². The molecular weight excluding hydrogens is 460 g/mol. The van der Waals surface area contributed by atoms with Gasteiger partial charge in [-0.15, -0.1) is 0 Å². The van der Waals surface area contributed by atoms with E-state index in [1.165, 1.54) is 16.3 Å². The minimum absolute atomic E-state index is 0.0281. The molecule has 4 aromatic heterocycles. The minimum atomic E-state index is -0.210. The third kappa shape index (κ3) is 4.44. The van der Waals surface area contributed by atoms with Gasteiger partial charge in [0, 0.05) is 23.1 Å². The predicted molar refractivity (Wildman–Crippen MR) is 137 cm³/mol. The standard InChI is InChI=1S/C27H24N4O3S/c1-17-10-11-25(28-14-17)31-26(33)21-8-4-5-9-23(21)29-27(31)35-16-24(32)22-13-18(2)30(19(22)3)15-20-7-6-12-34-20/h4-14H,15-16H2,1-3H3. The summed E-state index contributed by atoms with van der Waals surface area (Å²) in [7, 11) is 0. The number of aryl methyl sites for hydroxylation is 2. The topological polar surface area (TPSA) is 82.9 Å². The second-order valence-electron chi connectivity index (χ2n) is 8.41. The third-order valence-corrected chi connectivity index (χ3v) is 6.91. The predicted octanol–water partition coefficient (Wildman–Crippen LogP) is 5.12. The lowest BCUT2D eigenvalue weighted by molar-refractivity contribution is 0.102. The molecule has 0 aliphatic rings. The van der Waals surface area contributed by atoms with Crippen LogP contribution in [0.1, 0.15) is 33.1 Å². The summed E-state index contributed by atoms with van der Waals surface area (Å²) < 4.78 is 9.03. The number of rotatable bonds is 7. The van der Waals surface area contributed by atoms with Gasteiger partial charge < -0.3 is 8.98 Å². The zero-order valence-electron chi connectivity index (χ0n) is 19.7. The summed E-state index contributed by atoms with van der Waals surface area (Å²) in [6.45, 7) is 6.42. The zero-order chi connectivity index (χ0) is 24.5. The number of carbonyl (C=O) groups excluding carboxylic acids is 1. The minimum Gasteiger partial charge on any atom is -0.467 e. The van der Waals surface area contributed by atoms with Crippen LogP contribution in [-0.4, -0.2) is 30.6 Å². The molecule has 0 saturated heterocycles. The third-order valence-electron chi connectivity index (χ3n) is 5.97. The average molecular weight is 485 g/mol. The molecule has 0 fully saturated rings. The van der Waals surface area contributed by atoms with E-state index in [1.54, 1.807) is 30.7 Å². The highest BCUT2D eigenvalue weighted by molar-refractivity contribution is 7.99. The highest BCUT2D eigenvalue weighted by atomic mass is 32.2. The van der Waals surface area contributed by atoms with Crippen LogP contribution in [-0.2, 0) is 6.54 Å². The number of Topliss-reactive ketones (excluding diaryl/α,β-unsaturated/α-hetero) is 1. The molecule has 0 aliphatic heterocycles. The second kappa shape index (κ2) is 9.38. The van der Waals surface area contributed by atoms with Crippen LogP contribution in [0.4, 0.5) is 0 Å². The van der Waals surface area contributed by atoms with Gasteiger partial charge in [0.15, 0.2) is 10.9 Å². The summed E-state index contributed by atoms with van der Waals surface area (Å²) in [6.07, 6.45) is 3.36. The van der Waals surface area contributed by atoms with Crippen molar-refractivity contribution in [2.45, 2.75) is 32.5 Å². The highest BCUT2D eigenvalue weighted by Gasteiger charge is 2.19. The normalized spacial score (nSPS) is 11.3. The number of hydrogen-bond donors (Lipinski definition) is 0. The SMILES string of the molecule is Cc1ccc(-n2c(SCC(=O)c3cc(C)n(Cc4ccco4)c3C)nc3ccccc3c2=O)nc1. The molecule has 35 heavy (non-hydrogen) atoms. The molecular formula is C27H24N4O3S. The summed E-state index contributed by atoms with van der Waals surface area (Å²) in [5, 5.41) is 0.940. The van der Waals surface area contributed by atoms with Crippen molar-refractivity contribution in [2.24, 2.45) is 0 Å². The van der Waals surface area contributed by atoms with Crippen molar-refractivity contribution in [3.63, 3.8) is 0 Å². The largest absolute Gasteiger partial charge is 0.467 e. The summed E-state index contributed by atoms with van der Waals surface area (Å²) in [5.74, 6) is 1.42. The molecule has 0 unspecified atom stereocenters. The number of nitrogens with zero attached hydrogens (tertiary/aromatic N) is 4. The molecule has 7 nitrogen and oxygen atoms in total. The van der Waals surface area contributed by atoms with Gasteiger partial charge in [-0.1, -0.05) is 30.0 Å². The molecule has 8 heteroatoms. The van der Waals surface area contributed by atoms with Crippen molar-refractivity contribution in [1.29, 1.82) is 0 Å². The second-order valence-corrected chi connectivity index (χ2v) is 9.35. The molecule has 0 spiro atoms. The van der Waals surface area contributed by atoms with Crippen molar-refractivity contribution in [2.75, 3.05) is 5.75 Å². The number of carbonyl (C=O) groups is 1. The fourth-order valence-corrected chi connectivity index (χ4v) is 4.98. The molecule has 0 N–H and O–H groups in total. The van der Waals surface area contributed by atoms with Crippen LogP contribution in [0.15, 0.2) is 81.4 Å². The van der Waals surface area contributed by atoms with Crippen molar-refractivity contribution >= 4 is 28.4 Å².